The van der Waals surface area contributed by atoms with E-state index in [0.717, 1.165) is 6.42 Å². The molecule has 0 spiro atoms. The third kappa shape index (κ3) is 3.35. The fourth-order valence-electron chi connectivity index (χ4n) is 1.67. The molecule has 0 aliphatic rings. The average molecular weight is 243 g/mol. The smallest absolute Gasteiger partial charge is 0.0178 e. The topological polar surface area (TPSA) is 26.0 Å². The molecular formula is C15H17NS. The lowest BCUT2D eigenvalue weighted by atomic mass is 10.2. The summed E-state index contributed by atoms with van der Waals surface area (Å²) in [6.07, 6.45) is 1.09. The molecule has 1 nitrogen and oxygen atoms in total. The Kier molecular flexibility index (Phi) is 4.24. The van der Waals surface area contributed by atoms with Crippen molar-refractivity contribution in [3.05, 3.63) is 59.7 Å². The van der Waals surface area contributed by atoms with Gasteiger partial charge in [-0.15, -0.1) is 0 Å². The molecule has 2 N–H and O–H groups in total. The summed E-state index contributed by atoms with van der Waals surface area (Å²) in [5, 5.41) is 0. The quantitative estimate of drug-likeness (QED) is 0.882. The van der Waals surface area contributed by atoms with Crippen molar-refractivity contribution in [2.75, 3.05) is 0 Å². The third-order valence-electron chi connectivity index (χ3n) is 2.70. The Hall–Kier alpha value is -1.25. The van der Waals surface area contributed by atoms with Gasteiger partial charge in [0.2, 0.25) is 0 Å². The van der Waals surface area contributed by atoms with Gasteiger partial charge in [-0.1, -0.05) is 43.0 Å². The minimum Gasteiger partial charge on any atom is -0.326 e. The largest absolute Gasteiger partial charge is 0.326 e. The monoisotopic (exact) mass is 243 g/mol. The van der Waals surface area contributed by atoms with Gasteiger partial charge in [-0.2, -0.15) is 0 Å². The summed E-state index contributed by atoms with van der Waals surface area (Å²) in [6, 6.07) is 17.1. The van der Waals surface area contributed by atoms with E-state index in [1.807, 2.05) is 0 Å². The zero-order valence-electron chi connectivity index (χ0n) is 10.0. The molecule has 2 aromatic carbocycles. The molecule has 2 rings (SSSR count). The lowest BCUT2D eigenvalue weighted by Gasteiger charge is -2.04. The van der Waals surface area contributed by atoms with Gasteiger partial charge in [-0.05, 0) is 41.8 Å². The molecule has 0 fully saturated rings. The van der Waals surface area contributed by atoms with Gasteiger partial charge in [-0.25, -0.2) is 0 Å². The normalized spacial score (nSPS) is 10.5. The van der Waals surface area contributed by atoms with Crippen LogP contribution in [0.2, 0.25) is 0 Å². The zero-order chi connectivity index (χ0) is 12.1. The van der Waals surface area contributed by atoms with Crippen molar-refractivity contribution in [1.29, 1.82) is 0 Å². The molecule has 2 heteroatoms. The highest BCUT2D eigenvalue weighted by molar-refractivity contribution is 7.99. The summed E-state index contributed by atoms with van der Waals surface area (Å²) in [7, 11) is 0. The highest BCUT2D eigenvalue weighted by Crippen LogP contribution is 2.28. The molecular weight excluding hydrogens is 226 g/mol. The summed E-state index contributed by atoms with van der Waals surface area (Å²) < 4.78 is 0. The molecule has 0 aliphatic carbocycles. The van der Waals surface area contributed by atoms with Gasteiger partial charge >= 0.3 is 0 Å². The predicted molar refractivity (Wildman–Crippen MR) is 74.3 cm³/mol. The SMILES string of the molecule is CCc1ccc(Sc2cccc(CN)c2)cc1. The number of aryl methyl sites for hydroxylation is 1. The van der Waals surface area contributed by atoms with Gasteiger partial charge in [0, 0.05) is 16.3 Å². The number of benzene rings is 2. The second kappa shape index (κ2) is 5.89. The maximum atomic E-state index is 5.64. The Morgan fingerprint density at radius 1 is 0.941 bits per heavy atom. The second-order valence-electron chi connectivity index (χ2n) is 3.95. The molecule has 0 unspecified atom stereocenters. The molecule has 0 atom stereocenters. The van der Waals surface area contributed by atoms with Crippen LogP contribution in [0.5, 0.6) is 0 Å². The van der Waals surface area contributed by atoms with Crippen LogP contribution in [0, 0.1) is 0 Å². The number of hydrogen-bond acceptors (Lipinski definition) is 2. The van der Waals surface area contributed by atoms with Crippen molar-refractivity contribution < 1.29 is 0 Å². The van der Waals surface area contributed by atoms with Crippen LogP contribution in [0.1, 0.15) is 18.1 Å². The first-order valence-electron chi connectivity index (χ1n) is 5.87. The molecule has 0 bridgehead atoms. The third-order valence-corrected chi connectivity index (χ3v) is 3.70. The van der Waals surface area contributed by atoms with Crippen molar-refractivity contribution in [2.24, 2.45) is 5.73 Å². The van der Waals surface area contributed by atoms with Crippen LogP contribution in [0.4, 0.5) is 0 Å². The van der Waals surface area contributed by atoms with Crippen molar-refractivity contribution in [1.82, 2.24) is 0 Å². The van der Waals surface area contributed by atoms with E-state index in [-0.39, 0.29) is 0 Å². The van der Waals surface area contributed by atoms with E-state index in [1.54, 1.807) is 11.8 Å². The molecule has 0 aromatic heterocycles. The van der Waals surface area contributed by atoms with E-state index in [4.69, 9.17) is 5.73 Å². The van der Waals surface area contributed by atoms with Crippen LogP contribution in [0.3, 0.4) is 0 Å². The van der Waals surface area contributed by atoms with Crippen molar-refractivity contribution in [3.63, 3.8) is 0 Å². The maximum absolute atomic E-state index is 5.64. The molecule has 0 radical (unpaired) electrons. The van der Waals surface area contributed by atoms with Crippen LogP contribution in [0.25, 0.3) is 0 Å². The van der Waals surface area contributed by atoms with E-state index in [9.17, 15) is 0 Å². The van der Waals surface area contributed by atoms with Gasteiger partial charge < -0.3 is 5.73 Å². The highest BCUT2D eigenvalue weighted by Gasteiger charge is 1.98. The Morgan fingerprint density at radius 2 is 1.71 bits per heavy atom. The first-order chi connectivity index (χ1) is 8.31. The Morgan fingerprint density at radius 3 is 2.35 bits per heavy atom. The van der Waals surface area contributed by atoms with Crippen LogP contribution >= 0.6 is 11.8 Å². The van der Waals surface area contributed by atoms with Gasteiger partial charge in [0.1, 0.15) is 0 Å². The fraction of sp³-hybridized carbons (Fsp3) is 0.200. The fourth-order valence-corrected chi connectivity index (χ4v) is 2.57. The molecule has 17 heavy (non-hydrogen) atoms. The Balaban J connectivity index is 2.13. The minimum atomic E-state index is 0.600. The van der Waals surface area contributed by atoms with Gasteiger partial charge in [-0.3, -0.25) is 0 Å². The Labute approximate surface area is 107 Å². The summed E-state index contributed by atoms with van der Waals surface area (Å²) in [5.41, 5.74) is 8.20. The molecule has 0 amide bonds. The average Bonchev–Trinajstić information content (AvgIpc) is 2.40. The van der Waals surface area contributed by atoms with E-state index in [1.165, 1.54) is 20.9 Å². The number of nitrogens with two attached hydrogens (primary N) is 1. The number of hydrogen-bond donors (Lipinski definition) is 1. The second-order valence-corrected chi connectivity index (χ2v) is 5.10. The zero-order valence-corrected chi connectivity index (χ0v) is 10.8. The van der Waals surface area contributed by atoms with Crippen LogP contribution < -0.4 is 5.73 Å². The molecule has 0 saturated carbocycles. The molecule has 0 saturated heterocycles. The summed E-state index contributed by atoms with van der Waals surface area (Å²) in [6.45, 7) is 2.77. The van der Waals surface area contributed by atoms with E-state index in [0.29, 0.717) is 6.54 Å². The predicted octanol–water partition coefficient (Wildman–Crippen LogP) is 3.86. The standard InChI is InChI=1S/C15H17NS/c1-2-12-6-8-14(9-7-12)17-15-5-3-4-13(10-15)11-16/h3-10H,2,11,16H2,1H3. The Bertz CT molecular complexity index is 477. The van der Waals surface area contributed by atoms with Crippen molar-refractivity contribution in [3.8, 4) is 0 Å². The lowest BCUT2D eigenvalue weighted by Crippen LogP contribution is -1.95. The molecule has 88 valence electrons. The maximum Gasteiger partial charge on any atom is 0.0178 e. The number of rotatable bonds is 4. The van der Waals surface area contributed by atoms with Crippen LogP contribution in [-0.4, -0.2) is 0 Å². The lowest BCUT2D eigenvalue weighted by molar-refractivity contribution is 1.06. The van der Waals surface area contributed by atoms with Gasteiger partial charge in [0.05, 0.1) is 0 Å². The molecule has 0 heterocycles. The van der Waals surface area contributed by atoms with Crippen LogP contribution in [0.15, 0.2) is 58.3 Å². The van der Waals surface area contributed by atoms with E-state index in [2.05, 4.69) is 55.5 Å². The summed E-state index contributed by atoms with van der Waals surface area (Å²) in [5.74, 6) is 0. The summed E-state index contributed by atoms with van der Waals surface area (Å²) >= 11 is 1.78. The van der Waals surface area contributed by atoms with E-state index >= 15 is 0 Å². The van der Waals surface area contributed by atoms with Crippen molar-refractivity contribution in [2.45, 2.75) is 29.7 Å². The molecule has 0 aliphatic heterocycles. The first-order valence-corrected chi connectivity index (χ1v) is 6.69. The van der Waals surface area contributed by atoms with Gasteiger partial charge in [0.15, 0.2) is 0 Å². The van der Waals surface area contributed by atoms with Crippen LogP contribution in [-0.2, 0) is 13.0 Å². The van der Waals surface area contributed by atoms with Gasteiger partial charge in [0.25, 0.3) is 0 Å². The first kappa shape index (κ1) is 12.2. The highest BCUT2D eigenvalue weighted by atomic mass is 32.2. The van der Waals surface area contributed by atoms with Crippen molar-refractivity contribution >= 4 is 11.8 Å². The summed E-state index contributed by atoms with van der Waals surface area (Å²) in [4.78, 5) is 2.52. The minimum absolute atomic E-state index is 0.600. The molecule has 2 aromatic rings. The van der Waals surface area contributed by atoms with E-state index < -0.39 is 0 Å².